The Morgan fingerprint density at radius 1 is 1.12 bits per heavy atom. The predicted molar refractivity (Wildman–Crippen MR) is 91.3 cm³/mol. The first-order valence-electron chi connectivity index (χ1n) is 7.66. The van der Waals surface area contributed by atoms with Gasteiger partial charge in [-0.25, -0.2) is 4.79 Å². The van der Waals surface area contributed by atoms with Gasteiger partial charge in [0.05, 0.1) is 12.2 Å². The number of carbonyl (C=O) groups is 2. The van der Waals surface area contributed by atoms with E-state index in [1.165, 1.54) is 0 Å². The Hall–Kier alpha value is -3.08. The Bertz CT molecular complexity index is 878. The van der Waals surface area contributed by atoms with Gasteiger partial charge in [0.25, 0.3) is 5.91 Å². The molecular weight excluding hydrogens is 306 g/mol. The summed E-state index contributed by atoms with van der Waals surface area (Å²) in [7, 11) is 0. The smallest absolute Gasteiger partial charge is 0.338 e. The second-order valence-corrected chi connectivity index (χ2v) is 5.35. The Morgan fingerprint density at radius 2 is 1.92 bits per heavy atom. The van der Waals surface area contributed by atoms with E-state index in [0.29, 0.717) is 23.4 Å². The Labute approximate surface area is 139 Å². The molecule has 1 heterocycles. The van der Waals surface area contributed by atoms with Crippen molar-refractivity contribution in [3.63, 3.8) is 0 Å². The van der Waals surface area contributed by atoms with E-state index in [-0.39, 0.29) is 11.7 Å². The summed E-state index contributed by atoms with van der Waals surface area (Å²) < 4.78 is 10.5. The lowest BCUT2D eigenvalue weighted by molar-refractivity contribution is 0.0526. The van der Waals surface area contributed by atoms with Crippen molar-refractivity contribution in [1.29, 1.82) is 0 Å². The number of hydrogen-bond acceptors (Lipinski definition) is 4. The van der Waals surface area contributed by atoms with Crippen LogP contribution in [-0.4, -0.2) is 18.5 Å². The fraction of sp³-hybridized carbons (Fsp3) is 0.158. The number of hydrogen-bond donors (Lipinski definition) is 1. The number of para-hydroxylation sites is 1. The van der Waals surface area contributed by atoms with E-state index in [2.05, 4.69) is 5.32 Å². The molecule has 5 heteroatoms. The molecule has 3 rings (SSSR count). The van der Waals surface area contributed by atoms with E-state index in [4.69, 9.17) is 9.15 Å². The summed E-state index contributed by atoms with van der Waals surface area (Å²) in [5, 5.41) is 3.65. The van der Waals surface area contributed by atoms with Crippen LogP contribution in [0.15, 0.2) is 52.9 Å². The lowest BCUT2D eigenvalue weighted by Gasteiger charge is -2.09. The molecule has 0 aliphatic rings. The molecule has 0 atom stereocenters. The van der Waals surface area contributed by atoms with Gasteiger partial charge in [0, 0.05) is 11.1 Å². The van der Waals surface area contributed by atoms with E-state index in [1.807, 2.05) is 25.1 Å². The van der Waals surface area contributed by atoms with Crippen LogP contribution >= 0.6 is 0 Å². The van der Waals surface area contributed by atoms with Crippen LogP contribution < -0.4 is 5.32 Å². The van der Waals surface area contributed by atoms with Crippen molar-refractivity contribution in [3.05, 3.63) is 65.4 Å². The Balaban J connectivity index is 1.85. The van der Waals surface area contributed by atoms with Crippen molar-refractivity contribution in [2.24, 2.45) is 0 Å². The SMILES string of the molecule is CCOC(=O)c1ccc(C)c(NC(=O)c2cc3ccccc3o2)c1. The zero-order chi connectivity index (χ0) is 17.1. The maximum absolute atomic E-state index is 12.4. The molecule has 1 aromatic heterocycles. The number of carbonyl (C=O) groups excluding carboxylic acids is 2. The van der Waals surface area contributed by atoms with Crippen LogP contribution in [-0.2, 0) is 4.74 Å². The minimum atomic E-state index is -0.420. The van der Waals surface area contributed by atoms with Gasteiger partial charge in [-0.05, 0) is 43.7 Å². The fourth-order valence-corrected chi connectivity index (χ4v) is 2.38. The first-order chi connectivity index (χ1) is 11.6. The maximum atomic E-state index is 12.4. The van der Waals surface area contributed by atoms with Gasteiger partial charge in [-0.15, -0.1) is 0 Å². The second kappa shape index (κ2) is 6.58. The molecule has 1 N–H and O–H groups in total. The second-order valence-electron chi connectivity index (χ2n) is 5.35. The van der Waals surface area contributed by atoms with Crippen molar-refractivity contribution in [3.8, 4) is 0 Å². The third-order valence-electron chi connectivity index (χ3n) is 3.65. The van der Waals surface area contributed by atoms with Gasteiger partial charge in [-0.2, -0.15) is 0 Å². The van der Waals surface area contributed by atoms with Crippen molar-refractivity contribution in [2.75, 3.05) is 11.9 Å². The minimum absolute atomic E-state index is 0.220. The molecule has 122 valence electrons. The van der Waals surface area contributed by atoms with E-state index in [9.17, 15) is 9.59 Å². The van der Waals surface area contributed by atoms with E-state index >= 15 is 0 Å². The molecule has 24 heavy (non-hydrogen) atoms. The first kappa shape index (κ1) is 15.8. The number of ether oxygens (including phenoxy) is 1. The molecule has 0 radical (unpaired) electrons. The summed E-state index contributed by atoms with van der Waals surface area (Å²) in [6, 6.07) is 14.1. The summed E-state index contributed by atoms with van der Waals surface area (Å²) in [5.74, 6) is -0.566. The van der Waals surface area contributed by atoms with Crippen LogP contribution in [0.25, 0.3) is 11.0 Å². The van der Waals surface area contributed by atoms with Gasteiger partial charge >= 0.3 is 5.97 Å². The highest BCUT2D eigenvalue weighted by molar-refractivity contribution is 6.05. The van der Waals surface area contributed by atoms with Crippen molar-refractivity contribution < 1.29 is 18.7 Å². The number of furan rings is 1. The topological polar surface area (TPSA) is 68.5 Å². The molecule has 2 aromatic carbocycles. The number of anilines is 1. The zero-order valence-electron chi connectivity index (χ0n) is 13.5. The maximum Gasteiger partial charge on any atom is 0.338 e. The molecular formula is C19H17NO4. The highest BCUT2D eigenvalue weighted by atomic mass is 16.5. The number of amides is 1. The van der Waals surface area contributed by atoms with Crippen molar-refractivity contribution in [1.82, 2.24) is 0 Å². The van der Waals surface area contributed by atoms with Crippen LogP contribution in [0.1, 0.15) is 33.4 Å². The lowest BCUT2D eigenvalue weighted by Crippen LogP contribution is -2.13. The molecule has 0 spiro atoms. The average Bonchev–Trinajstić information content (AvgIpc) is 3.01. The van der Waals surface area contributed by atoms with Gasteiger partial charge in [0.1, 0.15) is 5.58 Å². The molecule has 0 fully saturated rings. The quantitative estimate of drug-likeness (QED) is 0.732. The fourth-order valence-electron chi connectivity index (χ4n) is 2.38. The molecule has 1 amide bonds. The summed E-state index contributed by atoms with van der Waals surface area (Å²) in [6.07, 6.45) is 0. The molecule has 0 aliphatic heterocycles. The number of aryl methyl sites for hydroxylation is 1. The molecule has 3 aromatic rings. The minimum Gasteiger partial charge on any atom is -0.462 e. The molecule has 0 bridgehead atoms. The van der Waals surface area contributed by atoms with E-state index < -0.39 is 5.97 Å². The highest BCUT2D eigenvalue weighted by Crippen LogP contribution is 2.22. The third kappa shape index (κ3) is 3.15. The van der Waals surface area contributed by atoms with Crippen molar-refractivity contribution >= 4 is 28.5 Å². The van der Waals surface area contributed by atoms with Crippen molar-refractivity contribution in [2.45, 2.75) is 13.8 Å². The van der Waals surface area contributed by atoms with Gasteiger partial charge in [-0.3, -0.25) is 4.79 Å². The number of benzene rings is 2. The monoisotopic (exact) mass is 323 g/mol. The predicted octanol–water partition coefficient (Wildman–Crippen LogP) is 4.17. The average molecular weight is 323 g/mol. The third-order valence-corrected chi connectivity index (χ3v) is 3.65. The van der Waals surface area contributed by atoms with Crippen LogP contribution in [0.3, 0.4) is 0 Å². The normalized spacial score (nSPS) is 10.6. The summed E-state index contributed by atoms with van der Waals surface area (Å²) in [4.78, 5) is 24.2. The molecule has 5 nitrogen and oxygen atoms in total. The van der Waals surface area contributed by atoms with Gasteiger partial charge in [0.15, 0.2) is 5.76 Å². The Morgan fingerprint density at radius 3 is 2.67 bits per heavy atom. The summed E-state index contributed by atoms with van der Waals surface area (Å²) in [5.41, 5.74) is 2.43. The Kier molecular flexibility index (Phi) is 4.33. The number of nitrogens with one attached hydrogen (secondary N) is 1. The molecule has 0 aliphatic carbocycles. The number of fused-ring (bicyclic) bond motifs is 1. The van der Waals surface area contributed by atoms with E-state index in [1.54, 1.807) is 37.3 Å². The lowest BCUT2D eigenvalue weighted by atomic mass is 10.1. The van der Waals surface area contributed by atoms with Crippen LogP contribution in [0, 0.1) is 6.92 Å². The van der Waals surface area contributed by atoms with Gasteiger partial charge in [0.2, 0.25) is 0 Å². The number of rotatable bonds is 4. The number of esters is 1. The van der Waals surface area contributed by atoms with Crippen LogP contribution in [0.5, 0.6) is 0 Å². The van der Waals surface area contributed by atoms with E-state index in [0.717, 1.165) is 10.9 Å². The highest BCUT2D eigenvalue weighted by Gasteiger charge is 2.15. The van der Waals surface area contributed by atoms with Gasteiger partial charge in [-0.1, -0.05) is 24.3 Å². The zero-order valence-corrected chi connectivity index (χ0v) is 13.5. The first-order valence-corrected chi connectivity index (χ1v) is 7.66. The van der Waals surface area contributed by atoms with Crippen LogP contribution in [0.2, 0.25) is 0 Å². The standard InChI is InChI=1S/C19H17NO4/c1-3-23-19(22)14-9-8-12(2)15(10-14)20-18(21)17-11-13-6-4-5-7-16(13)24-17/h4-11H,3H2,1-2H3,(H,20,21). The molecule has 0 saturated heterocycles. The summed E-state index contributed by atoms with van der Waals surface area (Å²) in [6.45, 7) is 3.90. The van der Waals surface area contributed by atoms with Gasteiger partial charge < -0.3 is 14.5 Å². The molecule has 0 unspecified atom stereocenters. The van der Waals surface area contributed by atoms with Crippen LogP contribution in [0.4, 0.5) is 5.69 Å². The largest absolute Gasteiger partial charge is 0.462 e. The summed E-state index contributed by atoms with van der Waals surface area (Å²) >= 11 is 0. The molecule has 0 saturated carbocycles.